The van der Waals surface area contributed by atoms with Crippen molar-refractivity contribution in [2.45, 2.75) is 19.8 Å². The molecule has 1 heterocycles. The fraction of sp³-hybridized carbons (Fsp3) is 0.273. The van der Waals surface area contributed by atoms with E-state index in [-0.39, 0.29) is 29.4 Å². The molecule has 0 radical (unpaired) electrons. The van der Waals surface area contributed by atoms with Gasteiger partial charge in [0.25, 0.3) is 0 Å². The molecule has 150 valence electrons. The second-order valence-electron chi connectivity index (χ2n) is 6.39. The maximum Gasteiger partial charge on any atom is 0.338 e. The minimum atomic E-state index is -0.779. The number of carbonyl (C=O) groups excluding carboxylic acids is 1. The lowest BCUT2D eigenvalue weighted by Crippen LogP contribution is -2.25. The Kier molecular flexibility index (Phi) is 5.64. The number of nitriles is 1. The average Bonchev–Trinajstić information content (AvgIpc) is 2.71. The van der Waals surface area contributed by atoms with Gasteiger partial charge in [-0.25, -0.2) is 4.79 Å². The van der Waals surface area contributed by atoms with Crippen molar-refractivity contribution in [1.29, 1.82) is 5.26 Å². The summed E-state index contributed by atoms with van der Waals surface area (Å²) in [6, 6.07) is 11.4. The van der Waals surface area contributed by atoms with Crippen molar-refractivity contribution >= 4 is 16.7 Å². The molecule has 1 atom stereocenters. The SMILES string of the molecule is CCOC(=O)C1=C(C)OC(N)=C(C#N)C1c1cc2cccc(OC)c2cc1OC. The molecule has 29 heavy (non-hydrogen) atoms. The summed E-state index contributed by atoms with van der Waals surface area (Å²) >= 11 is 0. The minimum Gasteiger partial charge on any atom is -0.496 e. The summed E-state index contributed by atoms with van der Waals surface area (Å²) in [5.41, 5.74) is 6.94. The van der Waals surface area contributed by atoms with Crippen LogP contribution in [0.15, 0.2) is 53.1 Å². The van der Waals surface area contributed by atoms with E-state index in [1.807, 2.05) is 30.3 Å². The second kappa shape index (κ2) is 8.15. The first-order chi connectivity index (χ1) is 14.0. The van der Waals surface area contributed by atoms with E-state index < -0.39 is 11.9 Å². The molecule has 0 amide bonds. The van der Waals surface area contributed by atoms with Crippen LogP contribution in [0.4, 0.5) is 0 Å². The molecule has 1 aliphatic heterocycles. The van der Waals surface area contributed by atoms with Gasteiger partial charge in [-0.1, -0.05) is 12.1 Å². The van der Waals surface area contributed by atoms with Crippen LogP contribution in [0.1, 0.15) is 25.3 Å². The number of hydrogen-bond donors (Lipinski definition) is 1. The molecule has 3 rings (SSSR count). The Bertz CT molecular complexity index is 1080. The predicted molar refractivity (Wildman–Crippen MR) is 107 cm³/mol. The highest BCUT2D eigenvalue weighted by Gasteiger charge is 2.38. The van der Waals surface area contributed by atoms with Gasteiger partial charge in [0.2, 0.25) is 5.88 Å². The Morgan fingerprint density at radius 1 is 1.24 bits per heavy atom. The van der Waals surface area contributed by atoms with E-state index in [0.717, 1.165) is 10.8 Å². The highest BCUT2D eigenvalue weighted by atomic mass is 16.5. The molecule has 2 aromatic carbocycles. The second-order valence-corrected chi connectivity index (χ2v) is 6.39. The lowest BCUT2D eigenvalue weighted by atomic mass is 9.81. The van der Waals surface area contributed by atoms with Crippen LogP contribution in [0.3, 0.4) is 0 Å². The first kappa shape index (κ1) is 20.1. The van der Waals surface area contributed by atoms with Crippen LogP contribution in [0, 0.1) is 11.3 Å². The van der Waals surface area contributed by atoms with Crippen LogP contribution in [0.5, 0.6) is 11.5 Å². The number of methoxy groups -OCH3 is 2. The van der Waals surface area contributed by atoms with Crippen LogP contribution in [0.25, 0.3) is 10.8 Å². The quantitative estimate of drug-likeness (QED) is 0.774. The van der Waals surface area contributed by atoms with Gasteiger partial charge < -0.3 is 24.7 Å². The number of nitrogens with two attached hydrogens (primary N) is 1. The molecule has 0 saturated carbocycles. The molecule has 0 aliphatic carbocycles. The fourth-order valence-electron chi connectivity index (χ4n) is 3.54. The molecular formula is C22H22N2O5. The Labute approximate surface area is 168 Å². The highest BCUT2D eigenvalue weighted by molar-refractivity contribution is 5.95. The third-order valence-corrected chi connectivity index (χ3v) is 4.82. The molecule has 7 nitrogen and oxygen atoms in total. The van der Waals surface area contributed by atoms with E-state index >= 15 is 0 Å². The number of hydrogen-bond acceptors (Lipinski definition) is 7. The first-order valence-corrected chi connectivity index (χ1v) is 9.06. The number of ether oxygens (including phenoxy) is 4. The van der Waals surface area contributed by atoms with Crippen LogP contribution >= 0.6 is 0 Å². The van der Waals surface area contributed by atoms with Crippen molar-refractivity contribution in [2.75, 3.05) is 20.8 Å². The van der Waals surface area contributed by atoms with E-state index in [1.54, 1.807) is 21.0 Å². The largest absolute Gasteiger partial charge is 0.496 e. The molecule has 2 aromatic rings. The van der Waals surface area contributed by atoms with Crippen molar-refractivity contribution in [3.05, 3.63) is 58.7 Å². The van der Waals surface area contributed by atoms with Crippen LogP contribution in [-0.2, 0) is 14.3 Å². The van der Waals surface area contributed by atoms with Crippen molar-refractivity contribution in [3.63, 3.8) is 0 Å². The van der Waals surface area contributed by atoms with E-state index in [2.05, 4.69) is 6.07 Å². The fourth-order valence-corrected chi connectivity index (χ4v) is 3.54. The molecule has 1 unspecified atom stereocenters. The smallest absolute Gasteiger partial charge is 0.338 e. The molecule has 0 spiro atoms. The summed E-state index contributed by atoms with van der Waals surface area (Å²) in [6.45, 7) is 3.52. The van der Waals surface area contributed by atoms with Gasteiger partial charge in [0, 0.05) is 10.9 Å². The molecule has 2 N–H and O–H groups in total. The number of esters is 1. The summed E-state index contributed by atoms with van der Waals surface area (Å²) in [4.78, 5) is 12.7. The van der Waals surface area contributed by atoms with Gasteiger partial charge in [0.05, 0.1) is 32.3 Å². The number of rotatable bonds is 5. The van der Waals surface area contributed by atoms with E-state index in [0.29, 0.717) is 17.1 Å². The predicted octanol–water partition coefficient (Wildman–Crippen LogP) is 3.50. The zero-order valence-electron chi connectivity index (χ0n) is 16.7. The normalized spacial score (nSPS) is 16.3. The highest BCUT2D eigenvalue weighted by Crippen LogP contribution is 2.45. The van der Waals surface area contributed by atoms with Crippen LogP contribution < -0.4 is 15.2 Å². The maximum absolute atomic E-state index is 12.7. The van der Waals surface area contributed by atoms with Crippen molar-refractivity contribution in [3.8, 4) is 17.6 Å². The number of nitrogens with zero attached hydrogens (tertiary/aromatic N) is 1. The number of carbonyl (C=O) groups is 1. The number of fused-ring (bicyclic) bond motifs is 1. The summed E-state index contributed by atoms with van der Waals surface area (Å²) in [5.74, 6) is 0.0752. The molecule has 0 bridgehead atoms. The topological polar surface area (TPSA) is 104 Å². The zero-order valence-corrected chi connectivity index (χ0v) is 16.7. The summed E-state index contributed by atoms with van der Waals surface area (Å²) in [6.07, 6.45) is 0. The van der Waals surface area contributed by atoms with Crippen molar-refractivity contribution < 1.29 is 23.7 Å². The first-order valence-electron chi connectivity index (χ1n) is 9.06. The molecule has 0 aromatic heterocycles. The Morgan fingerprint density at radius 3 is 2.59 bits per heavy atom. The average molecular weight is 394 g/mol. The molecule has 0 fully saturated rings. The van der Waals surface area contributed by atoms with E-state index in [9.17, 15) is 10.1 Å². The van der Waals surface area contributed by atoms with Crippen molar-refractivity contribution in [2.24, 2.45) is 5.73 Å². The Morgan fingerprint density at radius 2 is 1.97 bits per heavy atom. The Balaban J connectivity index is 2.31. The van der Waals surface area contributed by atoms with Gasteiger partial charge in [0.1, 0.15) is 28.9 Å². The lowest BCUT2D eigenvalue weighted by molar-refractivity contribution is -0.139. The van der Waals surface area contributed by atoms with Crippen LogP contribution in [-0.4, -0.2) is 26.8 Å². The summed E-state index contributed by atoms with van der Waals surface area (Å²) in [5, 5.41) is 11.5. The number of allylic oxidation sites excluding steroid dienone is 2. The van der Waals surface area contributed by atoms with Crippen molar-refractivity contribution in [1.82, 2.24) is 0 Å². The van der Waals surface area contributed by atoms with Gasteiger partial charge in [-0.3, -0.25) is 0 Å². The van der Waals surface area contributed by atoms with Gasteiger partial charge in [-0.05, 0) is 37.4 Å². The minimum absolute atomic E-state index is 0.0455. The summed E-state index contributed by atoms with van der Waals surface area (Å²) in [7, 11) is 3.12. The zero-order chi connectivity index (χ0) is 21.1. The molecular weight excluding hydrogens is 372 g/mol. The standard InChI is InChI=1S/C22H22N2O5/c1-5-28-22(25)19-12(2)29-21(24)16(11-23)20(19)15-9-13-7-6-8-17(26-3)14(13)10-18(15)27-4/h6-10,20H,5,24H2,1-4H3. The van der Waals surface area contributed by atoms with Gasteiger partial charge in [-0.15, -0.1) is 0 Å². The van der Waals surface area contributed by atoms with E-state index in [1.165, 1.54) is 7.11 Å². The summed E-state index contributed by atoms with van der Waals surface area (Å²) < 4.78 is 21.7. The molecule has 1 aliphatic rings. The van der Waals surface area contributed by atoms with Crippen LogP contribution in [0.2, 0.25) is 0 Å². The monoisotopic (exact) mass is 394 g/mol. The molecule has 7 heteroatoms. The van der Waals surface area contributed by atoms with Gasteiger partial charge in [-0.2, -0.15) is 5.26 Å². The van der Waals surface area contributed by atoms with E-state index in [4.69, 9.17) is 24.7 Å². The van der Waals surface area contributed by atoms with Gasteiger partial charge in [0.15, 0.2) is 0 Å². The lowest BCUT2D eigenvalue weighted by Gasteiger charge is -2.28. The number of benzene rings is 2. The van der Waals surface area contributed by atoms with Gasteiger partial charge >= 0.3 is 5.97 Å². The third-order valence-electron chi connectivity index (χ3n) is 4.82. The maximum atomic E-state index is 12.7. The molecule has 0 saturated heterocycles. The third kappa shape index (κ3) is 3.45. The Hall–Kier alpha value is -3.66.